The maximum Gasteiger partial charge on any atom is 0.267 e. The van der Waals surface area contributed by atoms with E-state index in [-0.39, 0.29) is 10.8 Å². The van der Waals surface area contributed by atoms with Gasteiger partial charge in [-0.15, -0.1) is 0 Å². The summed E-state index contributed by atoms with van der Waals surface area (Å²) in [4.78, 5) is 12.7. The Hall–Kier alpha value is -3.03. The van der Waals surface area contributed by atoms with Crippen LogP contribution < -0.4 is 14.8 Å². The molecule has 0 unspecified atom stereocenters. The number of ether oxygens (including phenoxy) is 1. The molecule has 30 heavy (non-hydrogen) atoms. The number of amides is 1. The fourth-order valence-corrected chi connectivity index (χ4v) is 3.75. The number of halogens is 1. The average molecular weight is 445 g/mol. The molecule has 3 aromatic carbocycles. The molecule has 0 saturated heterocycles. The molecule has 0 bridgehead atoms. The summed E-state index contributed by atoms with van der Waals surface area (Å²) in [5, 5.41) is 3.31. The summed E-state index contributed by atoms with van der Waals surface area (Å²) < 4.78 is 33.3. The number of hydrogen-bond donors (Lipinski definition) is 2. The van der Waals surface area contributed by atoms with Crippen LogP contribution in [-0.2, 0) is 14.8 Å². The summed E-state index contributed by atoms with van der Waals surface area (Å²) in [6, 6.07) is 21.2. The Balaban J connectivity index is 1.67. The Morgan fingerprint density at radius 1 is 0.867 bits per heavy atom. The van der Waals surface area contributed by atoms with Gasteiger partial charge in [-0.25, -0.2) is 8.42 Å². The highest BCUT2D eigenvalue weighted by Gasteiger charge is 2.30. The van der Waals surface area contributed by atoms with Gasteiger partial charge in [0, 0.05) is 16.4 Å². The second kappa shape index (κ2) is 8.77. The topological polar surface area (TPSA) is 84.5 Å². The fraction of sp³-hybridized carbons (Fsp3) is 0.136. The standard InChI is InChI=1S/C22H21ClN2O4S/c1-22(2,29-19-12-8-16(23)9-13-19)21(26)24-17-10-14-20(15-11-17)30(27,28)25-18-6-4-3-5-7-18/h3-15,25H,1-2H3,(H,24,26). The number of anilines is 2. The molecule has 8 heteroatoms. The highest BCUT2D eigenvalue weighted by atomic mass is 35.5. The van der Waals surface area contributed by atoms with Crippen LogP contribution in [0.3, 0.4) is 0 Å². The zero-order valence-corrected chi connectivity index (χ0v) is 18.0. The molecule has 3 rings (SSSR count). The van der Waals surface area contributed by atoms with Crippen molar-refractivity contribution >= 4 is 38.9 Å². The predicted molar refractivity (Wildman–Crippen MR) is 118 cm³/mol. The van der Waals surface area contributed by atoms with E-state index < -0.39 is 15.6 Å². The monoisotopic (exact) mass is 444 g/mol. The zero-order chi connectivity index (χ0) is 21.8. The van der Waals surface area contributed by atoms with Crippen molar-refractivity contribution in [1.82, 2.24) is 0 Å². The van der Waals surface area contributed by atoms with Gasteiger partial charge in [-0.1, -0.05) is 29.8 Å². The maximum absolute atomic E-state index is 12.6. The number of rotatable bonds is 7. The first-order valence-corrected chi connectivity index (χ1v) is 11.0. The molecule has 0 saturated carbocycles. The second-order valence-electron chi connectivity index (χ2n) is 7.02. The van der Waals surface area contributed by atoms with Crippen molar-refractivity contribution in [2.75, 3.05) is 10.0 Å². The first-order chi connectivity index (χ1) is 14.2. The van der Waals surface area contributed by atoms with E-state index >= 15 is 0 Å². The van der Waals surface area contributed by atoms with Gasteiger partial charge in [0.25, 0.3) is 15.9 Å². The van der Waals surface area contributed by atoms with Gasteiger partial charge in [-0.2, -0.15) is 0 Å². The molecule has 0 heterocycles. The number of sulfonamides is 1. The van der Waals surface area contributed by atoms with E-state index in [0.29, 0.717) is 22.1 Å². The van der Waals surface area contributed by atoms with E-state index in [9.17, 15) is 13.2 Å². The molecule has 0 aromatic heterocycles. The molecule has 0 radical (unpaired) electrons. The molecule has 0 atom stereocenters. The van der Waals surface area contributed by atoms with E-state index in [0.717, 1.165) is 0 Å². The second-order valence-corrected chi connectivity index (χ2v) is 9.14. The Morgan fingerprint density at radius 3 is 2.07 bits per heavy atom. The normalized spacial score (nSPS) is 11.6. The third-order valence-corrected chi connectivity index (χ3v) is 5.83. The van der Waals surface area contributed by atoms with Gasteiger partial charge in [0.1, 0.15) is 5.75 Å². The van der Waals surface area contributed by atoms with E-state index in [1.54, 1.807) is 68.4 Å². The first kappa shape index (κ1) is 21.7. The van der Waals surface area contributed by atoms with E-state index in [2.05, 4.69) is 10.0 Å². The summed E-state index contributed by atoms with van der Waals surface area (Å²) >= 11 is 5.86. The molecular formula is C22H21ClN2O4S. The predicted octanol–water partition coefficient (Wildman–Crippen LogP) is 4.94. The van der Waals surface area contributed by atoms with Crippen LogP contribution in [0, 0.1) is 0 Å². The van der Waals surface area contributed by atoms with Gasteiger partial charge in [0.15, 0.2) is 5.60 Å². The number of hydrogen-bond acceptors (Lipinski definition) is 4. The molecule has 0 aliphatic rings. The Bertz CT molecular complexity index is 1110. The van der Waals surface area contributed by atoms with Gasteiger partial charge in [0.05, 0.1) is 4.90 Å². The lowest BCUT2D eigenvalue weighted by atomic mass is 10.1. The highest BCUT2D eigenvalue weighted by molar-refractivity contribution is 7.92. The lowest BCUT2D eigenvalue weighted by Crippen LogP contribution is -2.42. The number of carbonyl (C=O) groups is 1. The summed E-state index contributed by atoms with van der Waals surface area (Å²) in [5.41, 5.74) is -0.240. The SMILES string of the molecule is CC(C)(Oc1ccc(Cl)cc1)C(=O)Nc1ccc(S(=O)(=O)Nc2ccccc2)cc1. The smallest absolute Gasteiger partial charge is 0.267 e. The van der Waals surface area contributed by atoms with Crippen molar-refractivity contribution in [3.63, 3.8) is 0 Å². The summed E-state index contributed by atoms with van der Waals surface area (Å²) in [5.74, 6) is 0.128. The maximum atomic E-state index is 12.6. The van der Waals surface area contributed by atoms with Crippen molar-refractivity contribution < 1.29 is 17.9 Å². The number of nitrogens with one attached hydrogen (secondary N) is 2. The van der Waals surface area contributed by atoms with Gasteiger partial charge in [-0.3, -0.25) is 9.52 Å². The van der Waals surface area contributed by atoms with Crippen LogP contribution in [0.1, 0.15) is 13.8 Å². The molecular weight excluding hydrogens is 424 g/mol. The fourth-order valence-electron chi connectivity index (χ4n) is 2.56. The van der Waals surface area contributed by atoms with Crippen LogP contribution in [0.4, 0.5) is 11.4 Å². The summed E-state index contributed by atoms with van der Waals surface area (Å²) in [6.07, 6.45) is 0. The van der Waals surface area contributed by atoms with E-state index in [1.807, 2.05) is 0 Å². The molecule has 0 aliphatic carbocycles. The highest BCUT2D eigenvalue weighted by Crippen LogP contribution is 2.23. The van der Waals surface area contributed by atoms with Crippen LogP contribution in [0.5, 0.6) is 5.75 Å². The lowest BCUT2D eigenvalue weighted by molar-refractivity contribution is -0.128. The van der Waals surface area contributed by atoms with Crippen molar-refractivity contribution in [2.24, 2.45) is 0 Å². The van der Waals surface area contributed by atoms with E-state index in [4.69, 9.17) is 16.3 Å². The van der Waals surface area contributed by atoms with Gasteiger partial charge < -0.3 is 10.1 Å². The van der Waals surface area contributed by atoms with Crippen molar-refractivity contribution in [2.45, 2.75) is 24.3 Å². The minimum Gasteiger partial charge on any atom is -0.478 e. The first-order valence-electron chi connectivity index (χ1n) is 9.10. The van der Waals surface area contributed by atoms with Crippen LogP contribution in [0.15, 0.2) is 83.8 Å². The number of para-hydroxylation sites is 1. The third kappa shape index (κ3) is 5.52. The van der Waals surface area contributed by atoms with Gasteiger partial charge in [-0.05, 0) is 74.5 Å². The third-order valence-electron chi connectivity index (χ3n) is 4.18. The molecule has 2 N–H and O–H groups in total. The molecule has 0 fully saturated rings. The largest absolute Gasteiger partial charge is 0.478 e. The number of benzene rings is 3. The molecule has 156 valence electrons. The minimum atomic E-state index is -3.73. The van der Waals surface area contributed by atoms with Gasteiger partial charge >= 0.3 is 0 Å². The van der Waals surface area contributed by atoms with Crippen LogP contribution in [0.25, 0.3) is 0 Å². The molecule has 1 amide bonds. The number of carbonyl (C=O) groups excluding carboxylic acids is 1. The van der Waals surface area contributed by atoms with Crippen molar-refractivity contribution in [1.29, 1.82) is 0 Å². The average Bonchev–Trinajstić information content (AvgIpc) is 2.70. The quantitative estimate of drug-likeness (QED) is 0.540. The summed E-state index contributed by atoms with van der Waals surface area (Å²) in [6.45, 7) is 3.28. The Morgan fingerprint density at radius 2 is 1.47 bits per heavy atom. The van der Waals surface area contributed by atoms with Crippen LogP contribution in [0.2, 0.25) is 5.02 Å². The molecule has 0 spiro atoms. The van der Waals surface area contributed by atoms with Crippen LogP contribution in [-0.4, -0.2) is 19.9 Å². The van der Waals surface area contributed by atoms with E-state index in [1.165, 1.54) is 24.3 Å². The molecule has 0 aliphatic heterocycles. The summed E-state index contributed by atoms with van der Waals surface area (Å²) in [7, 11) is -3.73. The lowest BCUT2D eigenvalue weighted by Gasteiger charge is -2.25. The van der Waals surface area contributed by atoms with Crippen molar-refractivity contribution in [3.8, 4) is 5.75 Å². The zero-order valence-electron chi connectivity index (χ0n) is 16.4. The van der Waals surface area contributed by atoms with Crippen LogP contribution >= 0.6 is 11.6 Å². The minimum absolute atomic E-state index is 0.0843. The van der Waals surface area contributed by atoms with Crippen molar-refractivity contribution in [3.05, 3.63) is 83.9 Å². The van der Waals surface area contributed by atoms with Gasteiger partial charge in [0.2, 0.25) is 0 Å². The Labute approximate surface area is 180 Å². The molecule has 3 aromatic rings. The molecule has 6 nitrogen and oxygen atoms in total. The Kier molecular flexibility index (Phi) is 6.34.